The van der Waals surface area contributed by atoms with Crippen molar-refractivity contribution in [3.63, 3.8) is 0 Å². The average molecular weight is 1040 g/mol. The van der Waals surface area contributed by atoms with Crippen LogP contribution in [0.3, 0.4) is 0 Å². The fourth-order valence-electron chi connectivity index (χ4n) is 10.5. The van der Waals surface area contributed by atoms with Gasteiger partial charge < -0.3 is 84.1 Å². The second-order valence-corrected chi connectivity index (χ2v) is 19.8. The third-order valence-corrected chi connectivity index (χ3v) is 15.1. The molecule has 1 amide bonds. The third kappa shape index (κ3) is 11.7. The number of H-pyrrole nitrogens is 2. The van der Waals surface area contributed by atoms with Crippen molar-refractivity contribution in [3.05, 3.63) is 68.8 Å². The number of amides is 1. The summed E-state index contributed by atoms with van der Waals surface area (Å²) in [5.41, 5.74) is 11.5. The van der Waals surface area contributed by atoms with Gasteiger partial charge in [0.25, 0.3) is 5.91 Å². The Bertz CT molecular complexity index is 2680. The molecule has 408 valence electrons. The Morgan fingerprint density at radius 3 is 1.96 bits per heavy atom. The zero-order valence-corrected chi connectivity index (χ0v) is 43.7. The van der Waals surface area contributed by atoms with Gasteiger partial charge >= 0.3 is 5.97 Å². The van der Waals surface area contributed by atoms with Crippen LogP contribution in [-0.2, 0) is 39.6 Å². The number of ether oxygens (including phenoxy) is 6. The predicted octanol–water partition coefficient (Wildman–Crippen LogP) is 2.46. The fourth-order valence-corrected chi connectivity index (χ4v) is 10.5. The summed E-state index contributed by atoms with van der Waals surface area (Å²) in [5.74, 6) is -1.06. The van der Waals surface area contributed by atoms with Crippen LogP contribution in [-0.4, -0.2) is 199 Å². The lowest BCUT2D eigenvalue weighted by atomic mass is 9.85. The summed E-state index contributed by atoms with van der Waals surface area (Å²) in [6.07, 6.45) is -12.4. The molecule has 0 radical (unpaired) electrons. The van der Waals surface area contributed by atoms with E-state index in [1.165, 1.54) is 7.11 Å². The van der Waals surface area contributed by atoms with Gasteiger partial charge in [-0.3, -0.25) is 14.6 Å². The standard InChI is InChI=1S/C53H75N5O16/c1-10-30-24(2)32-21-37-41(29(7)70-17-12-18-72-53-50(67)48(65)46(63)39(23-60)74-53)26(4)34(55-37)19-33-25(3)31(13-14-40(61)69-9)43(56-33)28(6)44-42(27(5)35(57-44)20-36(30)54-32)51(68)58(8)15-11-16-71-52-49(66)47(64)45(62)38(22-59)73-52/h19-21,25,29,31,38-39,45-50,52-54,57,59-60,62-67H,10-18,22-23H2,1-9H3/t25-,29?,31-,38+,39+,45+,46+,47-,48-,49+,50+,52+,53+/m0/s1. The molecule has 7 rings (SSSR count). The van der Waals surface area contributed by atoms with Crippen molar-refractivity contribution >= 4 is 45.1 Å². The number of allylic oxidation sites excluding steroid dienone is 1. The van der Waals surface area contributed by atoms with Gasteiger partial charge in [0.05, 0.1) is 62.1 Å². The summed E-state index contributed by atoms with van der Waals surface area (Å²) < 4.78 is 33.9. The number of fused-ring (bicyclic) bond motifs is 8. The molecular formula is C53H75N5O16. The minimum Gasteiger partial charge on any atom is -0.469 e. The molecule has 3 aromatic heterocycles. The molecule has 2 saturated heterocycles. The Kier molecular flexibility index (Phi) is 18.9. The first-order chi connectivity index (χ1) is 35.3. The SMILES string of the molecule is CCc1c(C)c2cc3nc(cc4nc(c(C)c5[nH]c(cc1[nH]2)c(C)c5C(=O)N(C)CCCO[C@@H]1O[C@H](CO)[C@@H](O)[C@H](O)[C@H]1O)[C@@H](CCC(=O)OC)[C@@H]4C)C(C)=C3C(C)OCCCO[C@@H]1O[C@H](CO)[C@@H](O)[C@H](O)[C@H]1O. The van der Waals surface area contributed by atoms with Gasteiger partial charge in [0.15, 0.2) is 12.6 Å². The summed E-state index contributed by atoms with van der Waals surface area (Å²) in [4.78, 5) is 46.9. The van der Waals surface area contributed by atoms with E-state index in [0.717, 1.165) is 44.6 Å². The van der Waals surface area contributed by atoms with Crippen LogP contribution in [0.15, 0.2) is 18.2 Å². The number of hydrogen-bond donors (Lipinski definition) is 10. The number of aliphatic hydroxyl groups is 8. The molecule has 1 unspecified atom stereocenters. The van der Waals surface area contributed by atoms with Gasteiger partial charge in [-0.05, 0) is 106 Å². The number of aromatic nitrogens is 4. The minimum atomic E-state index is -1.58. The zero-order chi connectivity index (χ0) is 53.9. The Morgan fingerprint density at radius 1 is 0.757 bits per heavy atom. The Balaban J connectivity index is 1.25. The number of hydrogen-bond acceptors (Lipinski definition) is 18. The number of aliphatic hydroxyl groups excluding tert-OH is 8. The molecule has 74 heavy (non-hydrogen) atoms. The lowest BCUT2D eigenvalue weighted by Crippen LogP contribution is -2.59. The Labute approximate surface area is 430 Å². The fraction of sp³-hybridized carbons (Fsp3) is 0.623. The number of rotatable bonds is 19. The zero-order valence-electron chi connectivity index (χ0n) is 43.7. The molecule has 8 bridgehead atoms. The second-order valence-electron chi connectivity index (χ2n) is 19.8. The molecular weight excluding hydrogens is 963 g/mol. The van der Waals surface area contributed by atoms with Crippen molar-refractivity contribution in [2.75, 3.05) is 53.7 Å². The maximum Gasteiger partial charge on any atom is 0.305 e. The normalized spacial score (nSPS) is 27.6. The van der Waals surface area contributed by atoms with Crippen LogP contribution in [0.4, 0.5) is 0 Å². The smallest absolute Gasteiger partial charge is 0.305 e. The summed E-state index contributed by atoms with van der Waals surface area (Å²) >= 11 is 0. The summed E-state index contributed by atoms with van der Waals surface area (Å²) in [5, 5.41) is 80.8. The van der Waals surface area contributed by atoms with Gasteiger partial charge in [-0.2, -0.15) is 0 Å². The van der Waals surface area contributed by atoms with Crippen LogP contribution in [0, 0.1) is 20.8 Å². The average Bonchev–Trinajstić information content (AvgIpc) is 4.08. The number of nitrogens with one attached hydrogen (secondary N) is 2. The van der Waals surface area contributed by atoms with Crippen molar-refractivity contribution < 1.29 is 78.9 Å². The highest BCUT2D eigenvalue weighted by Gasteiger charge is 2.45. The van der Waals surface area contributed by atoms with Crippen LogP contribution in [0.5, 0.6) is 0 Å². The van der Waals surface area contributed by atoms with Gasteiger partial charge in [0.2, 0.25) is 0 Å². The molecule has 0 spiro atoms. The quantitative estimate of drug-likeness (QED) is 0.0609. The van der Waals surface area contributed by atoms with E-state index in [9.17, 15) is 50.4 Å². The maximum absolute atomic E-state index is 14.8. The lowest BCUT2D eigenvalue weighted by molar-refractivity contribution is -0.301. The van der Waals surface area contributed by atoms with E-state index in [-0.39, 0.29) is 56.5 Å². The number of carbonyl (C=O) groups excluding carboxylic acids is 2. The molecule has 13 atom stereocenters. The van der Waals surface area contributed by atoms with Gasteiger partial charge in [0.1, 0.15) is 48.8 Å². The second kappa shape index (κ2) is 24.5. The predicted molar refractivity (Wildman–Crippen MR) is 271 cm³/mol. The van der Waals surface area contributed by atoms with Crippen molar-refractivity contribution in [2.45, 2.75) is 160 Å². The van der Waals surface area contributed by atoms with E-state index < -0.39 is 80.7 Å². The van der Waals surface area contributed by atoms with Crippen molar-refractivity contribution in [3.8, 4) is 0 Å². The van der Waals surface area contributed by atoms with Crippen molar-refractivity contribution in [1.82, 2.24) is 24.8 Å². The van der Waals surface area contributed by atoms with E-state index in [0.29, 0.717) is 64.9 Å². The molecule has 21 heteroatoms. The number of nitrogens with zero attached hydrogens (tertiary/aromatic N) is 3. The number of carbonyl (C=O) groups is 2. The lowest BCUT2D eigenvalue weighted by Gasteiger charge is -2.39. The topological polar surface area (TPSA) is 312 Å². The Morgan fingerprint density at radius 2 is 1.36 bits per heavy atom. The molecule has 2 fully saturated rings. The van der Waals surface area contributed by atoms with Gasteiger partial charge in [-0.25, -0.2) is 4.98 Å². The highest BCUT2D eigenvalue weighted by atomic mass is 16.7. The van der Waals surface area contributed by atoms with E-state index >= 15 is 0 Å². The molecule has 0 aliphatic carbocycles. The highest BCUT2D eigenvalue weighted by Crippen LogP contribution is 2.43. The van der Waals surface area contributed by atoms with Crippen LogP contribution in [0.1, 0.15) is 121 Å². The largest absolute Gasteiger partial charge is 0.469 e. The molecule has 0 aromatic carbocycles. The van der Waals surface area contributed by atoms with E-state index in [1.807, 2.05) is 45.9 Å². The number of aryl methyl sites for hydroxylation is 4. The molecule has 4 aliphatic rings. The van der Waals surface area contributed by atoms with E-state index in [1.54, 1.807) is 11.9 Å². The summed E-state index contributed by atoms with van der Waals surface area (Å²) in [6.45, 7) is 13.4. The van der Waals surface area contributed by atoms with E-state index in [2.05, 4.69) is 30.7 Å². The van der Waals surface area contributed by atoms with Crippen molar-refractivity contribution in [1.29, 1.82) is 0 Å². The summed E-state index contributed by atoms with van der Waals surface area (Å²) in [7, 11) is 3.05. The highest BCUT2D eigenvalue weighted by molar-refractivity contribution is 6.06. The van der Waals surface area contributed by atoms with Gasteiger partial charge in [-0.1, -0.05) is 13.8 Å². The summed E-state index contributed by atoms with van der Waals surface area (Å²) in [6, 6.07) is 6.01. The van der Waals surface area contributed by atoms with Gasteiger partial charge in [-0.15, -0.1) is 0 Å². The molecule has 10 N–H and O–H groups in total. The molecule has 7 heterocycles. The third-order valence-electron chi connectivity index (χ3n) is 15.1. The molecule has 4 aliphatic heterocycles. The molecule has 21 nitrogen and oxygen atoms in total. The first kappa shape index (κ1) is 57.0. The van der Waals surface area contributed by atoms with Gasteiger partial charge in [0, 0.05) is 72.0 Å². The minimum absolute atomic E-state index is 0.0274. The monoisotopic (exact) mass is 1040 g/mol. The molecule has 3 aromatic rings. The van der Waals surface area contributed by atoms with Crippen LogP contribution >= 0.6 is 0 Å². The Hall–Kier alpha value is -4.72. The number of aromatic amines is 2. The first-order valence-corrected chi connectivity index (χ1v) is 25.5. The number of esters is 1. The molecule has 0 saturated carbocycles. The van der Waals surface area contributed by atoms with Crippen LogP contribution in [0.2, 0.25) is 0 Å². The van der Waals surface area contributed by atoms with Crippen LogP contribution < -0.4 is 0 Å². The first-order valence-electron chi connectivity index (χ1n) is 25.5. The van der Waals surface area contributed by atoms with Crippen LogP contribution in [0.25, 0.3) is 33.2 Å². The maximum atomic E-state index is 14.8. The van der Waals surface area contributed by atoms with Crippen molar-refractivity contribution in [2.24, 2.45) is 0 Å². The van der Waals surface area contributed by atoms with E-state index in [4.69, 9.17) is 38.4 Å². The number of methoxy groups -OCH3 is 1.